The molecule has 1 spiro atoms. The Morgan fingerprint density at radius 2 is 1.69 bits per heavy atom. The van der Waals surface area contributed by atoms with E-state index in [0.29, 0.717) is 16.7 Å². The monoisotopic (exact) mass is 519 g/mol. The number of rotatable bonds is 6. The molecule has 1 saturated heterocycles. The zero-order valence-electron chi connectivity index (χ0n) is 20.7. The van der Waals surface area contributed by atoms with Gasteiger partial charge in [0.15, 0.2) is 24.7 Å². The Bertz CT molecular complexity index is 1350. The van der Waals surface area contributed by atoms with E-state index in [1.807, 2.05) is 20.8 Å². The van der Waals surface area contributed by atoms with E-state index in [2.05, 4.69) is 15.2 Å². The maximum atomic E-state index is 13.3. The molecule has 0 bridgehead atoms. The number of hydrogen-bond donors (Lipinski definition) is 1. The van der Waals surface area contributed by atoms with E-state index in [4.69, 9.17) is 0 Å². The molecule has 0 unspecified atom stereocenters. The number of pyridine rings is 1. The van der Waals surface area contributed by atoms with Crippen molar-refractivity contribution in [2.45, 2.75) is 56.4 Å². The van der Waals surface area contributed by atoms with Gasteiger partial charge in [-0.1, -0.05) is 26.8 Å². The molecule has 2 fully saturated rings. The molecular formula is C25H33N3O5S2. The van der Waals surface area contributed by atoms with E-state index < -0.39 is 31.0 Å². The van der Waals surface area contributed by atoms with Crippen LogP contribution < -0.4 is 10.2 Å². The van der Waals surface area contributed by atoms with Crippen LogP contribution in [0.5, 0.6) is 0 Å². The third-order valence-electron chi connectivity index (χ3n) is 6.67. The number of amides is 1. The molecule has 2 aliphatic rings. The molecule has 4 rings (SSSR count). The first-order valence-electron chi connectivity index (χ1n) is 11.8. The zero-order valence-corrected chi connectivity index (χ0v) is 22.3. The summed E-state index contributed by atoms with van der Waals surface area (Å²) in [6.07, 6.45) is 5.66. The fraction of sp³-hybridized carbons (Fsp3) is 0.520. The highest BCUT2D eigenvalue weighted by molar-refractivity contribution is 7.91. The lowest BCUT2D eigenvalue weighted by Gasteiger charge is -2.35. The molecule has 1 aliphatic carbocycles. The number of sulfone groups is 2. The van der Waals surface area contributed by atoms with Crippen LogP contribution in [0.4, 0.5) is 11.5 Å². The molecule has 2 heterocycles. The number of hydrogen-bond acceptors (Lipinski definition) is 7. The third-order valence-corrected chi connectivity index (χ3v) is 9.89. The number of carbonyl (C=O) groups is 1. The van der Waals surface area contributed by atoms with Crippen molar-refractivity contribution in [1.82, 2.24) is 4.98 Å². The summed E-state index contributed by atoms with van der Waals surface area (Å²) in [6, 6.07) is 9.01. The average Bonchev–Trinajstić information content (AvgIpc) is 3.50. The summed E-state index contributed by atoms with van der Waals surface area (Å²) in [5.74, 6) is -0.416. The fourth-order valence-corrected chi connectivity index (χ4v) is 7.03. The summed E-state index contributed by atoms with van der Waals surface area (Å²) in [7, 11) is -7.08. The van der Waals surface area contributed by atoms with E-state index in [1.54, 1.807) is 12.1 Å². The van der Waals surface area contributed by atoms with Crippen LogP contribution in [-0.4, -0.2) is 52.8 Å². The molecule has 1 aromatic heterocycles. The standard InChI is InChI=1S/C25H33N3O5S2/c1-24(2,3)17-35(32,33)22-7-5-6-21(26-22)27-23(29)19-9-8-18(34(4,30)31)16-20(19)28-14-12-25(10-11-25)13-15-28/h5-9,16H,10-15,17H2,1-4H3,(H,26,27,29). The lowest BCUT2D eigenvalue weighted by Crippen LogP contribution is -2.35. The molecular weight excluding hydrogens is 486 g/mol. The Hall–Kier alpha value is -2.46. The van der Waals surface area contributed by atoms with Gasteiger partial charge < -0.3 is 10.2 Å². The minimum Gasteiger partial charge on any atom is -0.371 e. The van der Waals surface area contributed by atoms with E-state index in [0.717, 1.165) is 32.2 Å². The van der Waals surface area contributed by atoms with Crippen LogP contribution in [0, 0.1) is 10.8 Å². The normalized spacial score (nSPS) is 17.9. The molecule has 2 aromatic rings. The first-order chi connectivity index (χ1) is 16.2. The van der Waals surface area contributed by atoms with Gasteiger partial charge in [-0.05, 0) is 66.8 Å². The Morgan fingerprint density at radius 3 is 2.26 bits per heavy atom. The van der Waals surface area contributed by atoms with Gasteiger partial charge in [0.2, 0.25) is 0 Å². The van der Waals surface area contributed by atoms with Gasteiger partial charge in [0.25, 0.3) is 5.91 Å². The predicted molar refractivity (Wildman–Crippen MR) is 136 cm³/mol. The molecule has 8 nitrogen and oxygen atoms in total. The minimum absolute atomic E-state index is 0.0715. The van der Waals surface area contributed by atoms with Gasteiger partial charge in [0.1, 0.15) is 5.82 Å². The second-order valence-corrected chi connectivity index (χ2v) is 15.0. The molecule has 1 N–H and O–H groups in total. The molecule has 10 heteroatoms. The first-order valence-corrected chi connectivity index (χ1v) is 15.3. The van der Waals surface area contributed by atoms with Crippen LogP contribution in [0.1, 0.15) is 56.8 Å². The van der Waals surface area contributed by atoms with Crippen LogP contribution >= 0.6 is 0 Å². The minimum atomic E-state index is -3.63. The van der Waals surface area contributed by atoms with Crippen molar-refractivity contribution in [2.24, 2.45) is 10.8 Å². The van der Waals surface area contributed by atoms with Crippen molar-refractivity contribution in [3.8, 4) is 0 Å². The number of carbonyl (C=O) groups excluding carboxylic acids is 1. The largest absolute Gasteiger partial charge is 0.371 e. The van der Waals surface area contributed by atoms with Crippen LogP contribution in [0.15, 0.2) is 46.3 Å². The van der Waals surface area contributed by atoms with Crippen molar-refractivity contribution in [3.63, 3.8) is 0 Å². The first kappa shape index (κ1) is 25.6. The summed E-state index contributed by atoms with van der Waals surface area (Å²) < 4.78 is 49.9. The molecule has 0 radical (unpaired) electrons. The number of nitrogens with zero attached hydrogens (tertiary/aromatic N) is 2. The zero-order chi connectivity index (χ0) is 25.6. The number of nitrogens with one attached hydrogen (secondary N) is 1. The van der Waals surface area contributed by atoms with Crippen molar-refractivity contribution in [1.29, 1.82) is 0 Å². The Kier molecular flexibility index (Phi) is 6.51. The predicted octanol–water partition coefficient (Wildman–Crippen LogP) is 3.94. The molecule has 190 valence electrons. The van der Waals surface area contributed by atoms with Crippen molar-refractivity contribution >= 4 is 37.1 Å². The van der Waals surface area contributed by atoms with E-state index in [1.165, 1.54) is 37.1 Å². The molecule has 35 heavy (non-hydrogen) atoms. The van der Waals surface area contributed by atoms with E-state index in [9.17, 15) is 21.6 Å². The number of benzene rings is 1. The summed E-state index contributed by atoms with van der Waals surface area (Å²) >= 11 is 0. The van der Waals surface area contributed by atoms with Crippen molar-refractivity contribution in [3.05, 3.63) is 42.0 Å². The maximum absolute atomic E-state index is 13.3. The Labute approximate surface area is 208 Å². The van der Waals surface area contributed by atoms with Gasteiger partial charge in [-0.2, -0.15) is 0 Å². The third kappa shape index (κ3) is 6.03. The van der Waals surface area contributed by atoms with Gasteiger partial charge >= 0.3 is 0 Å². The molecule has 1 aromatic carbocycles. The van der Waals surface area contributed by atoms with Crippen LogP contribution in [0.2, 0.25) is 0 Å². The summed E-state index contributed by atoms with van der Waals surface area (Å²) in [6.45, 7) is 7.02. The second-order valence-electron chi connectivity index (χ2n) is 11.1. The summed E-state index contributed by atoms with van der Waals surface area (Å²) in [5.41, 5.74) is 0.881. The van der Waals surface area contributed by atoms with Gasteiger partial charge in [0.05, 0.1) is 21.9 Å². The number of aromatic nitrogens is 1. The van der Waals surface area contributed by atoms with Crippen LogP contribution in [0.25, 0.3) is 0 Å². The van der Waals surface area contributed by atoms with Crippen LogP contribution in [0.3, 0.4) is 0 Å². The van der Waals surface area contributed by atoms with E-state index >= 15 is 0 Å². The van der Waals surface area contributed by atoms with Gasteiger partial charge in [-0.15, -0.1) is 0 Å². The lowest BCUT2D eigenvalue weighted by molar-refractivity contribution is 0.102. The quantitative estimate of drug-likeness (QED) is 0.615. The van der Waals surface area contributed by atoms with E-state index in [-0.39, 0.29) is 21.5 Å². The van der Waals surface area contributed by atoms with Gasteiger partial charge in [-0.3, -0.25) is 4.79 Å². The molecule has 1 aliphatic heterocycles. The lowest BCUT2D eigenvalue weighted by atomic mass is 9.93. The SMILES string of the molecule is CC(C)(C)CS(=O)(=O)c1cccc(NC(=O)c2ccc(S(C)(=O)=O)cc2N2CCC3(CC2)CC3)n1. The molecule has 0 atom stereocenters. The topological polar surface area (TPSA) is 114 Å². The molecule has 1 saturated carbocycles. The van der Waals surface area contributed by atoms with Gasteiger partial charge in [-0.25, -0.2) is 21.8 Å². The smallest absolute Gasteiger partial charge is 0.258 e. The maximum Gasteiger partial charge on any atom is 0.258 e. The highest BCUT2D eigenvalue weighted by Gasteiger charge is 2.44. The number of piperidine rings is 1. The Morgan fingerprint density at radius 1 is 1.03 bits per heavy atom. The molecule has 1 amide bonds. The van der Waals surface area contributed by atoms with Crippen LogP contribution in [-0.2, 0) is 19.7 Å². The van der Waals surface area contributed by atoms with Crippen molar-refractivity contribution in [2.75, 3.05) is 35.3 Å². The Balaban J connectivity index is 1.62. The highest BCUT2D eigenvalue weighted by atomic mass is 32.2. The summed E-state index contributed by atoms with van der Waals surface area (Å²) in [5, 5.41) is 2.62. The van der Waals surface area contributed by atoms with Gasteiger partial charge in [0, 0.05) is 19.3 Å². The van der Waals surface area contributed by atoms with Crippen molar-refractivity contribution < 1.29 is 21.6 Å². The second kappa shape index (κ2) is 8.89. The average molecular weight is 520 g/mol. The fourth-order valence-electron chi connectivity index (χ4n) is 4.58. The summed E-state index contributed by atoms with van der Waals surface area (Å²) in [4.78, 5) is 19.7. The highest BCUT2D eigenvalue weighted by Crippen LogP contribution is 2.54. The number of anilines is 2.